The van der Waals surface area contributed by atoms with Gasteiger partial charge >= 0.3 is 0 Å². The summed E-state index contributed by atoms with van der Waals surface area (Å²) < 4.78 is 0. The molecule has 0 saturated carbocycles. The Hall–Kier alpha value is -3.06. The van der Waals surface area contributed by atoms with Crippen LogP contribution in [0.1, 0.15) is 5.56 Å². The Morgan fingerprint density at radius 3 is 2.75 bits per heavy atom. The van der Waals surface area contributed by atoms with E-state index in [1.54, 1.807) is 18.3 Å². The fourth-order valence-corrected chi connectivity index (χ4v) is 2.10. The zero-order valence-corrected chi connectivity index (χ0v) is 10.7. The molecule has 4 heteroatoms. The molecule has 0 fully saturated rings. The molecule has 0 aliphatic rings. The number of nitriles is 1. The molecular formula is C16H12N4. The minimum atomic E-state index is 0.546. The number of nitrogen functional groups attached to an aromatic ring is 1. The first-order chi connectivity index (χ1) is 9.78. The molecule has 1 heterocycles. The first kappa shape index (κ1) is 12.0. The minimum Gasteiger partial charge on any atom is -0.397 e. The maximum atomic E-state index is 8.85. The van der Waals surface area contributed by atoms with E-state index in [0.29, 0.717) is 11.3 Å². The van der Waals surface area contributed by atoms with Crippen molar-refractivity contribution in [1.82, 2.24) is 4.98 Å². The van der Waals surface area contributed by atoms with Crippen LogP contribution in [0, 0.1) is 11.3 Å². The van der Waals surface area contributed by atoms with E-state index in [1.807, 2.05) is 36.4 Å². The molecule has 1 aromatic heterocycles. The highest BCUT2D eigenvalue weighted by Gasteiger charge is 2.04. The van der Waals surface area contributed by atoms with Gasteiger partial charge in [0.05, 0.1) is 28.5 Å². The second kappa shape index (κ2) is 4.90. The molecule has 3 aromatic rings. The van der Waals surface area contributed by atoms with Crippen molar-refractivity contribution in [2.24, 2.45) is 0 Å². The van der Waals surface area contributed by atoms with Gasteiger partial charge in [-0.1, -0.05) is 6.07 Å². The van der Waals surface area contributed by atoms with E-state index in [1.165, 1.54) is 0 Å². The first-order valence-corrected chi connectivity index (χ1v) is 6.18. The van der Waals surface area contributed by atoms with Crippen molar-refractivity contribution >= 4 is 28.0 Å². The van der Waals surface area contributed by atoms with Gasteiger partial charge in [-0.3, -0.25) is 4.98 Å². The van der Waals surface area contributed by atoms with Crippen molar-refractivity contribution < 1.29 is 0 Å². The topological polar surface area (TPSA) is 74.7 Å². The zero-order valence-electron chi connectivity index (χ0n) is 10.7. The number of nitrogens with two attached hydrogens (primary N) is 1. The molecule has 0 amide bonds. The monoisotopic (exact) mass is 260 g/mol. The number of anilines is 3. The van der Waals surface area contributed by atoms with Crippen LogP contribution in [-0.4, -0.2) is 4.98 Å². The Morgan fingerprint density at radius 2 is 1.95 bits per heavy atom. The van der Waals surface area contributed by atoms with Gasteiger partial charge in [-0.25, -0.2) is 0 Å². The molecule has 0 radical (unpaired) electrons. The third-order valence-electron chi connectivity index (χ3n) is 3.10. The number of pyridine rings is 1. The Labute approximate surface area is 116 Å². The highest BCUT2D eigenvalue weighted by atomic mass is 14.9. The van der Waals surface area contributed by atoms with E-state index in [0.717, 1.165) is 22.3 Å². The van der Waals surface area contributed by atoms with E-state index in [9.17, 15) is 0 Å². The van der Waals surface area contributed by atoms with Crippen LogP contribution in [0.5, 0.6) is 0 Å². The summed E-state index contributed by atoms with van der Waals surface area (Å²) in [6.07, 6.45) is 1.77. The lowest BCUT2D eigenvalue weighted by atomic mass is 10.1. The summed E-state index contributed by atoms with van der Waals surface area (Å²) >= 11 is 0. The van der Waals surface area contributed by atoms with Gasteiger partial charge < -0.3 is 11.1 Å². The Morgan fingerprint density at radius 1 is 1.05 bits per heavy atom. The molecule has 2 aromatic carbocycles. The lowest BCUT2D eigenvalue weighted by Gasteiger charge is -2.11. The molecule has 0 spiro atoms. The summed E-state index contributed by atoms with van der Waals surface area (Å²) in [7, 11) is 0. The van der Waals surface area contributed by atoms with E-state index < -0.39 is 0 Å². The number of aromatic nitrogens is 1. The molecule has 0 aliphatic heterocycles. The summed E-state index contributed by atoms with van der Waals surface area (Å²) in [5, 5.41) is 13.2. The first-order valence-electron chi connectivity index (χ1n) is 6.18. The molecular weight excluding hydrogens is 248 g/mol. The highest BCUT2D eigenvalue weighted by Crippen LogP contribution is 2.28. The number of nitrogens with one attached hydrogen (secondary N) is 1. The maximum absolute atomic E-state index is 8.85. The maximum Gasteiger partial charge on any atom is 0.0992 e. The van der Waals surface area contributed by atoms with Crippen LogP contribution in [0.15, 0.2) is 54.7 Å². The average molecular weight is 260 g/mol. The summed E-state index contributed by atoms with van der Waals surface area (Å²) in [5.41, 5.74) is 9.69. The van der Waals surface area contributed by atoms with E-state index in [4.69, 9.17) is 11.0 Å². The predicted octanol–water partition coefficient (Wildman–Crippen LogP) is 3.43. The van der Waals surface area contributed by atoms with E-state index in [-0.39, 0.29) is 0 Å². The van der Waals surface area contributed by atoms with Crippen LogP contribution >= 0.6 is 0 Å². The van der Waals surface area contributed by atoms with Crippen molar-refractivity contribution in [3.63, 3.8) is 0 Å². The molecule has 0 aliphatic carbocycles. The van der Waals surface area contributed by atoms with Gasteiger partial charge in [0.25, 0.3) is 0 Å². The standard InChI is InChI=1S/C16H12N4/c17-10-11-6-7-16(13(18)9-11)20-15-5-1-4-14-12(15)3-2-8-19-14/h1-9,20H,18H2. The smallest absolute Gasteiger partial charge is 0.0992 e. The fourth-order valence-electron chi connectivity index (χ4n) is 2.10. The van der Waals surface area contributed by atoms with Gasteiger partial charge in [0.1, 0.15) is 0 Å². The second-order valence-electron chi connectivity index (χ2n) is 4.41. The Bertz CT molecular complexity index is 813. The van der Waals surface area contributed by atoms with Gasteiger partial charge in [0.2, 0.25) is 0 Å². The number of hydrogen-bond acceptors (Lipinski definition) is 4. The van der Waals surface area contributed by atoms with Crippen LogP contribution in [0.2, 0.25) is 0 Å². The molecule has 4 nitrogen and oxygen atoms in total. The van der Waals surface area contributed by atoms with Crippen molar-refractivity contribution in [2.45, 2.75) is 0 Å². The van der Waals surface area contributed by atoms with Crippen molar-refractivity contribution in [2.75, 3.05) is 11.1 Å². The molecule has 0 unspecified atom stereocenters. The molecule has 0 atom stereocenters. The zero-order chi connectivity index (χ0) is 13.9. The number of benzene rings is 2. The largest absolute Gasteiger partial charge is 0.397 e. The number of rotatable bonds is 2. The third kappa shape index (κ3) is 2.13. The van der Waals surface area contributed by atoms with Crippen molar-refractivity contribution in [3.8, 4) is 6.07 Å². The van der Waals surface area contributed by atoms with Crippen LogP contribution < -0.4 is 11.1 Å². The molecule has 0 saturated heterocycles. The number of nitrogens with zero attached hydrogens (tertiary/aromatic N) is 2. The van der Waals surface area contributed by atoms with Crippen molar-refractivity contribution in [3.05, 3.63) is 60.3 Å². The molecule has 3 rings (SSSR count). The lowest BCUT2D eigenvalue weighted by molar-refractivity contribution is 1.41. The van der Waals surface area contributed by atoms with Crippen LogP contribution in [-0.2, 0) is 0 Å². The summed E-state index contributed by atoms with van der Waals surface area (Å²) in [4.78, 5) is 4.32. The van der Waals surface area contributed by atoms with Crippen LogP contribution in [0.4, 0.5) is 17.1 Å². The second-order valence-corrected chi connectivity index (χ2v) is 4.41. The average Bonchev–Trinajstić information content (AvgIpc) is 2.49. The quantitative estimate of drug-likeness (QED) is 0.692. The molecule has 3 N–H and O–H groups in total. The lowest BCUT2D eigenvalue weighted by Crippen LogP contribution is -1.97. The van der Waals surface area contributed by atoms with Crippen LogP contribution in [0.3, 0.4) is 0 Å². The summed E-state index contributed by atoms with van der Waals surface area (Å²) in [6.45, 7) is 0. The molecule has 20 heavy (non-hydrogen) atoms. The van der Waals surface area contributed by atoms with Crippen molar-refractivity contribution in [1.29, 1.82) is 5.26 Å². The molecule has 0 bridgehead atoms. The van der Waals surface area contributed by atoms with E-state index >= 15 is 0 Å². The van der Waals surface area contributed by atoms with Gasteiger partial charge in [-0.05, 0) is 42.5 Å². The third-order valence-corrected chi connectivity index (χ3v) is 3.10. The fraction of sp³-hybridized carbons (Fsp3) is 0. The Kier molecular flexibility index (Phi) is 2.94. The Balaban J connectivity index is 2.04. The van der Waals surface area contributed by atoms with Gasteiger partial charge in [-0.2, -0.15) is 5.26 Å². The van der Waals surface area contributed by atoms with Gasteiger partial charge in [0.15, 0.2) is 0 Å². The van der Waals surface area contributed by atoms with Crippen LogP contribution in [0.25, 0.3) is 10.9 Å². The highest BCUT2D eigenvalue weighted by molar-refractivity contribution is 5.94. The summed E-state index contributed by atoms with van der Waals surface area (Å²) in [5.74, 6) is 0. The normalized spacial score (nSPS) is 10.2. The SMILES string of the molecule is N#Cc1ccc(Nc2cccc3ncccc23)c(N)c1. The predicted molar refractivity (Wildman–Crippen MR) is 80.6 cm³/mol. The van der Waals surface area contributed by atoms with Gasteiger partial charge in [0, 0.05) is 17.3 Å². The minimum absolute atomic E-state index is 0.546. The molecule has 96 valence electrons. The summed E-state index contributed by atoms with van der Waals surface area (Å²) in [6, 6.07) is 17.1. The number of fused-ring (bicyclic) bond motifs is 1. The van der Waals surface area contributed by atoms with Gasteiger partial charge in [-0.15, -0.1) is 0 Å². The number of hydrogen-bond donors (Lipinski definition) is 2. The van der Waals surface area contributed by atoms with E-state index in [2.05, 4.69) is 16.4 Å².